The predicted molar refractivity (Wildman–Crippen MR) is 123 cm³/mol. The first kappa shape index (κ1) is 24.5. The molecular formula is C26H37NO5. The summed E-state index contributed by atoms with van der Waals surface area (Å²) in [4.78, 5) is 11.8. The summed E-state index contributed by atoms with van der Waals surface area (Å²) >= 11 is 0. The van der Waals surface area contributed by atoms with Gasteiger partial charge in [0, 0.05) is 6.42 Å². The monoisotopic (exact) mass is 443 g/mol. The Hall–Kier alpha value is -2.15. The molecule has 1 aromatic rings. The van der Waals surface area contributed by atoms with Gasteiger partial charge in [-0.15, -0.1) is 0 Å². The van der Waals surface area contributed by atoms with Crippen molar-refractivity contribution in [3.8, 4) is 5.75 Å². The molecule has 0 aromatic heterocycles. The van der Waals surface area contributed by atoms with Gasteiger partial charge in [0.2, 0.25) is 5.91 Å². The molecule has 0 fully saturated rings. The second-order valence-corrected chi connectivity index (χ2v) is 9.11. The van der Waals surface area contributed by atoms with Crippen LogP contribution in [-0.4, -0.2) is 35.5 Å². The Labute approximate surface area is 191 Å². The van der Waals surface area contributed by atoms with Gasteiger partial charge >= 0.3 is 0 Å². The van der Waals surface area contributed by atoms with Gasteiger partial charge in [-0.05, 0) is 73.1 Å². The Bertz CT molecular complexity index is 788. The molecule has 3 N–H and O–H groups in total. The van der Waals surface area contributed by atoms with Crippen LogP contribution in [0, 0.1) is 17.8 Å². The number of hydrogen-bond acceptors (Lipinski definition) is 5. The molecule has 3 rings (SSSR count). The lowest BCUT2D eigenvalue weighted by molar-refractivity contribution is -0.133. The van der Waals surface area contributed by atoms with Gasteiger partial charge in [0.25, 0.3) is 0 Å². The fourth-order valence-electron chi connectivity index (χ4n) is 5.02. The number of allylic oxidation sites excluding steroid dienone is 4. The van der Waals surface area contributed by atoms with Crippen LogP contribution in [0.25, 0.3) is 0 Å². The quantitative estimate of drug-likeness (QED) is 0.345. The number of ether oxygens (including phenoxy) is 2. The highest BCUT2D eigenvalue weighted by molar-refractivity contribution is 5.75. The predicted octanol–water partition coefficient (Wildman–Crippen LogP) is 4.56. The topological polar surface area (TPSA) is 88.0 Å². The summed E-state index contributed by atoms with van der Waals surface area (Å²) in [6, 6.07) is 7.53. The Morgan fingerprint density at radius 3 is 2.78 bits per heavy atom. The van der Waals surface area contributed by atoms with Crippen LogP contribution in [0.4, 0.5) is 0 Å². The molecule has 5 unspecified atom stereocenters. The lowest BCUT2D eigenvalue weighted by Crippen LogP contribution is -2.31. The van der Waals surface area contributed by atoms with Gasteiger partial charge in [-0.3, -0.25) is 10.0 Å². The number of hydroxylamine groups is 1. The minimum absolute atomic E-state index is 0.00178. The Morgan fingerprint density at radius 2 is 2.06 bits per heavy atom. The van der Waals surface area contributed by atoms with Crippen LogP contribution < -0.4 is 10.2 Å². The molecule has 0 heterocycles. The van der Waals surface area contributed by atoms with Crippen LogP contribution in [0.15, 0.2) is 48.1 Å². The van der Waals surface area contributed by atoms with E-state index in [1.165, 1.54) is 24.8 Å². The largest absolute Gasteiger partial charge is 0.497 e. The SMILES string of the molecule is COc1ccc(COC(CC(=O)NO)CC(O)CCC2C(C)C=CC3=CCCCC32)cc1. The van der Waals surface area contributed by atoms with Gasteiger partial charge in [-0.25, -0.2) is 5.48 Å². The Kier molecular flexibility index (Phi) is 9.33. The molecule has 0 spiro atoms. The molecule has 2 aliphatic rings. The molecule has 2 aliphatic carbocycles. The number of fused-ring (bicyclic) bond motifs is 1. The third-order valence-electron chi connectivity index (χ3n) is 6.86. The van der Waals surface area contributed by atoms with Crippen molar-refractivity contribution in [3.63, 3.8) is 0 Å². The lowest BCUT2D eigenvalue weighted by atomic mass is 9.68. The van der Waals surface area contributed by atoms with E-state index in [9.17, 15) is 9.90 Å². The Morgan fingerprint density at radius 1 is 1.28 bits per heavy atom. The van der Waals surface area contributed by atoms with Gasteiger partial charge in [-0.2, -0.15) is 0 Å². The fraction of sp³-hybridized carbons (Fsp3) is 0.577. The molecule has 0 saturated carbocycles. The molecule has 176 valence electrons. The number of carbonyl (C=O) groups is 1. The minimum Gasteiger partial charge on any atom is -0.497 e. The summed E-state index contributed by atoms with van der Waals surface area (Å²) in [5.41, 5.74) is 4.09. The van der Waals surface area contributed by atoms with E-state index in [-0.39, 0.29) is 6.42 Å². The molecule has 0 saturated heterocycles. The summed E-state index contributed by atoms with van der Waals surface area (Å²) in [5, 5.41) is 19.7. The van der Waals surface area contributed by atoms with Crippen molar-refractivity contribution in [1.29, 1.82) is 0 Å². The maximum Gasteiger partial charge on any atom is 0.245 e. The zero-order valence-corrected chi connectivity index (χ0v) is 19.2. The van der Waals surface area contributed by atoms with Crippen LogP contribution in [0.3, 0.4) is 0 Å². The van der Waals surface area contributed by atoms with Gasteiger partial charge in [0.05, 0.1) is 32.3 Å². The molecule has 6 nitrogen and oxygen atoms in total. The van der Waals surface area contributed by atoms with E-state index < -0.39 is 18.1 Å². The highest BCUT2D eigenvalue weighted by Gasteiger charge is 2.32. The zero-order chi connectivity index (χ0) is 22.9. The molecule has 0 radical (unpaired) electrons. The molecule has 1 aromatic carbocycles. The van der Waals surface area contributed by atoms with Crippen molar-refractivity contribution in [2.24, 2.45) is 17.8 Å². The van der Waals surface area contributed by atoms with Crippen molar-refractivity contribution in [1.82, 2.24) is 5.48 Å². The first-order chi connectivity index (χ1) is 15.5. The number of methoxy groups -OCH3 is 1. The zero-order valence-electron chi connectivity index (χ0n) is 19.2. The maximum absolute atomic E-state index is 11.8. The van der Waals surface area contributed by atoms with E-state index in [4.69, 9.17) is 14.7 Å². The number of aliphatic hydroxyl groups is 1. The fourth-order valence-corrected chi connectivity index (χ4v) is 5.02. The van der Waals surface area contributed by atoms with Gasteiger partial charge in [0.15, 0.2) is 0 Å². The van der Waals surface area contributed by atoms with Crippen molar-refractivity contribution in [2.75, 3.05) is 7.11 Å². The van der Waals surface area contributed by atoms with E-state index in [0.717, 1.165) is 17.7 Å². The van der Waals surface area contributed by atoms with E-state index in [2.05, 4.69) is 25.2 Å². The number of nitrogens with one attached hydrogen (secondary N) is 1. The third kappa shape index (κ3) is 6.92. The van der Waals surface area contributed by atoms with Crippen LogP contribution in [0.1, 0.15) is 57.4 Å². The number of hydrogen-bond donors (Lipinski definition) is 3. The molecule has 0 aliphatic heterocycles. The van der Waals surface area contributed by atoms with E-state index in [0.29, 0.717) is 37.2 Å². The van der Waals surface area contributed by atoms with Crippen LogP contribution >= 0.6 is 0 Å². The summed E-state index contributed by atoms with van der Waals surface area (Å²) in [5.74, 6) is 1.90. The number of rotatable bonds is 11. The van der Waals surface area contributed by atoms with Gasteiger partial charge in [-0.1, -0.05) is 37.3 Å². The van der Waals surface area contributed by atoms with Crippen LogP contribution in [0.2, 0.25) is 0 Å². The average molecular weight is 444 g/mol. The first-order valence-electron chi connectivity index (χ1n) is 11.7. The van der Waals surface area contributed by atoms with E-state index in [1.807, 2.05) is 24.3 Å². The number of benzene rings is 1. The van der Waals surface area contributed by atoms with E-state index >= 15 is 0 Å². The summed E-state index contributed by atoms with van der Waals surface area (Å²) in [7, 11) is 1.62. The summed E-state index contributed by atoms with van der Waals surface area (Å²) in [6.07, 6.45) is 11.5. The molecule has 0 bridgehead atoms. The average Bonchev–Trinajstić information content (AvgIpc) is 2.82. The smallest absolute Gasteiger partial charge is 0.245 e. The summed E-state index contributed by atoms with van der Waals surface area (Å²) < 4.78 is 11.1. The maximum atomic E-state index is 11.8. The molecule has 32 heavy (non-hydrogen) atoms. The third-order valence-corrected chi connectivity index (χ3v) is 6.86. The second kappa shape index (κ2) is 12.2. The van der Waals surface area contributed by atoms with Crippen molar-refractivity contribution >= 4 is 5.91 Å². The first-order valence-corrected chi connectivity index (χ1v) is 11.7. The molecular weight excluding hydrogens is 406 g/mol. The highest BCUT2D eigenvalue weighted by Crippen LogP contribution is 2.42. The molecule has 5 atom stereocenters. The Balaban J connectivity index is 1.53. The van der Waals surface area contributed by atoms with E-state index in [1.54, 1.807) is 12.6 Å². The van der Waals surface area contributed by atoms with Crippen molar-refractivity contribution in [3.05, 3.63) is 53.6 Å². The number of aliphatic hydroxyl groups excluding tert-OH is 1. The number of amides is 1. The van der Waals surface area contributed by atoms with Crippen LogP contribution in [-0.2, 0) is 16.1 Å². The minimum atomic E-state index is -0.559. The van der Waals surface area contributed by atoms with Crippen molar-refractivity contribution < 1.29 is 24.6 Å². The van der Waals surface area contributed by atoms with Crippen molar-refractivity contribution in [2.45, 2.75) is 70.7 Å². The molecule has 6 heteroatoms. The second-order valence-electron chi connectivity index (χ2n) is 9.11. The standard InChI is InChI=1S/C26H37NO5/c1-18-7-10-20-5-3-4-6-25(20)24(18)14-11-21(28)15-23(16-26(29)27-30)32-17-19-8-12-22(31-2)13-9-19/h5,7-10,12-13,18,21,23-25,28,30H,3-4,6,11,14-17H2,1-2H3,(H,27,29). The highest BCUT2D eigenvalue weighted by atomic mass is 16.5. The van der Waals surface area contributed by atoms with Gasteiger partial charge < -0.3 is 14.6 Å². The lowest BCUT2D eigenvalue weighted by Gasteiger charge is -2.37. The number of carbonyl (C=O) groups excluding carboxylic acids is 1. The molecule has 1 amide bonds. The normalized spacial score (nSPS) is 24.2. The summed E-state index contributed by atoms with van der Waals surface area (Å²) in [6.45, 7) is 2.59. The van der Waals surface area contributed by atoms with Gasteiger partial charge in [0.1, 0.15) is 5.75 Å². The van der Waals surface area contributed by atoms with Crippen LogP contribution in [0.5, 0.6) is 5.75 Å².